The molecule has 18 nitrogen and oxygen atoms in total. The summed E-state index contributed by atoms with van der Waals surface area (Å²) >= 11 is 0. The van der Waals surface area contributed by atoms with Gasteiger partial charge in [0.15, 0.2) is 12.3 Å². The standard InChI is InChI=1S/C26H31FN4O14/c1-30(19-20(33)28-21(34)23(37,38)22(19,35)36)26(43,44)18-13(12-32)3-2-4-17(18)29-24(39,40)15-6-5-14(11-16(15)27)25(41,42)31-7-9-45-10-8-31/h2-6,11-12,19,29,35-44H,7-10H2,1H3,(H,28,33,34). The summed E-state index contributed by atoms with van der Waals surface area (Å²) in [6.45, 7) is 0.501. The van der Waals surface area contributed by atoms with Crippen LogP contribution in [0.5, 0.6) is 0 Å². The Morgan fingerprint density at radius 1 is 1.04 bits per heavy atom. The zero-order valence-corrected chi connectivity index (χ0v) is 23.3. The summed E-state index contributed by atoms with van der Waals surface area (Å²) in [6, 6.07) is 2.64. The number of amides is 2. The Hall–Kier alpha value is -3.54. The molecule has 1 unspecified atom stereocenters. The van der Waals surface area contributed by atoms with E-state index in [4.69, 9.17) is 4.74 Å². The van der Waals surface area contributed by atoms with E-state index < -0.39 is 75.4 Å². The van der Waals surface area contributed by atoms with Gasteiger partial charge in [0.2, 0.25) is 5.91 Å². The van der Waals surface area contributed by atoms with Crippen molar-refractivity contribution in [3.05, 3.63) is 64.5 Å². The van der Waals surface area contributed by atoms with Gasteiger partial charge in [-0.1, -0.05) is 18.2 Å². The zero-order valence-electron chi connectivity index (χ0n) is 23.3. The molecule has 2 heterocycles. The Morgan fingerprint density at radius 2 is 1.67 bits per heavy atom. The first-order valence-electron chi connectivity index (χ1n) is 13.0. The number of carbonyl (C=O) groups excluding carboxylic acids is 3. The lowest BCUT2D eigenvalue weighted by Crippen LogP contribution is -2.80. The normalized spacial score (nSPS) is 21.0. The number of morpholine rings is 1. The summed E-state index contributed by atoms with van der Waals surface area (Å²) in [4.78, 5) is 37.4. The number of hydrogen-bond donors (Lipinski definition) is 12. The van der Waals surface area contributed by atoms with Gasteiger partial charge in [-0.05, 0) is 25.2 Å². The van der Waals surface area contributed by atoms with Crippen molar-refractivity contribution >= 4 is 23.8 Å². The number of anilines is 1. The number of imide groups is 1. The predicted octanol–water partition coefficient (Wildman–Crippen LogP) is -5.31. The van der Waals surface area contributed by atoms with E-state index in [9.17, 15) is 65.4 Å². The summed E-state index contributed by atoms with van der Waals surface area (Å²) in [5.41, 5.74) is -3.66. The number of hydrogen-bond acceptors (Lipinski definition) is 17. The van der Waals surface area contributed by atoms with Crippen LogP contribution in [0.15, 0.2) is 36.4 Å². The minimum Gasteiger partial charge on any atom is -0.379 e. The molecule has 0 aliphatic carbocycles. The van der Waals surface area contributed by atoms with E-state index in [2.05, 4.69) is 0 Å². The Kier molecular flexibility index (Phi) is 8.91. The van der Waals surface area contributed by atoms with Crippen molar-refractivity contribution in [2.45, 2.75) is 35.3 Å². The fourth-order valence-electron chi connectivity index (χ4n) is 5.08. The molecule has 19 heteroatoms. The molecule has 0 spiro atoms. The Balaban J connectivity index is 1.72. The van der Waals surface area contributed by atoms with Crippen LogP contribution in [-0.2, 0) is 32.1 Å². The molecule has 2 aromatic carbocycles. The van der Waals surface area contributed by atoms with E-state index in [0.717, 1.165) is 30.3 Å². The van der Waals surface area contributed by atoms with E-state index >= 15 is 4.39 Å². The highest BCUT2D eigenvalue weighted by Gasteiger charge is 2.67. The van der Waals surface area contributed by atoms with Crippen LogP contribution in [0.2, 0.25) is 0 Å². The van der Waals surface area contributed by atoms with Gasteiger partial charge < -0.3 is 61.1 Å². The highest BCUT2D eigenvalue weighted by atomic mass is 19.1. The van der Waals surface area contributed by atoms with Crippen LogP contribution in [0.1, 0.15) is 27.0 Å². The Morgan fingerprint density at radius 3 is 2.24 bits per heavy atom. The van der Waals surface area contributed by atoms with Crippen molar-refractivity contribution in [1.82, 2.24) is 15.1 Å². The molecule has 0 saturated carbocycles. The zero-order chi connectivity index (χ0) is 33.8. The monoisotopic (exact) mass is 642 g/mol. The smallest absolute Gasteiger partial charge is 0.303 e. The molecule has 45 heavy (non-hydrogen) atoms. The maximum absolute atomic E-state index is 15.3. The lowest BCUT2D eigenvalue weighted by atomic mass is 9.89. The van der Waals surface area contributed by atoms with E-state index in [1.807, 2.05) is 5.32 Å². The number of nitrogens with one attached hydrogen (secondary N) is 2. The van der Waals surface area contributed by atoms with Crippen molar-refractivity contribution in [2.75, 3.05) is 38.7 Å². The molecule has 0 aromatic heterocycles. The van der Waals surface area contributed by atoms with Crippen LogP contribution < -0.4 is 10.6 Å². The van der Waals surface area contributed by atoms with Gasteiger partial charge in [0, 0.05) is 29.9 Å². The van der Waals surface area contributed by atoms with Crippen molar-refractivity contribution in [3.63, 3.8) is 0 Å². The van der Waals surface area contributed by atoms with Crippen molar-refractivity contribution in [1.29, 1.82) is 0 Å². The van der Waals surface area contributed by atoms with Crippen LogP contribution in [0.3, 0.4) is 0 Å². The summed E-state index contributed by atoms with van der Waals surface area (Å²) in [6.07, 6.45) is 0.0487. The van der Waals surface area contributed by atoms with Crippen LogP contribution in [0, 0.1) is 5.82 Å². The number of aliphatic hydroxyl groups is 10. The Labute approximate surface area is 252 Å². The number of carbonyl (C=O) groups is 3. The average Bonchev–Trinajstić information content (AvgIpc) is 2.96. The van der Waals surface area contributed by atoms with Gasteiger partial charge in [-0.2, -0.15) is 0 Å². The highest BCUT2D eigenvalue weighted by Crippen LogP contribution is 2.39. The highest BCUT2D eigenvalue weighted by molar-refractivity contribution is 6.05. The number of nitrogens with zero attached hydrogens (tertiary/aromatic N) is 2. The molecular formula is C26H31FN4O14. The molecule has 4 rings (SSSR count). The first kappa shape index (κ1) is 34.3. The first-order valence-corrected chi connectivity index (χ1v) is 13.0. The number of aldehydes is 1. The average molecular weight is 643 g/mol. The van der Waals surface area contributed by atoms with Gasteiger partial charge in [-0.3, -0.25) is 19.7 Å². The number of likely N-dealkylation sites (N-methyl/N-ethyl adjacent to an activating group) is 1. The third kappa shape index (κ3) is 5.81. The largest absolute Gasteiger partial charge is 0.379 e. The summed E-state index contributed by atoms with van der Waals surface area (Å²) in [5, 5.41) is 109. The maximum atomic E-state index is 15.3. The second-order valence-corrected chi connectivity index (χ2v) is 10.5. The van der Waals surface area contributed by atoms with E-state index in [1.54, 1.807) is 0 Å². The van der Waals surface area contributed by atoms with Crippen LogP contribution in [0.25, 0.3) is 0 Å². The fourth-order valence-corrected chi connectivity index (χ4v) is 5.08. The molecule has 2 fully saturated rings. The molecule has 2 saturated heterocycles. The lowest BCUT2D eigenvalue weighted by molar-refractivity contribution is -0.380. The third-order valence-electron chi connectivity index (χ3n) is 7.63. The Bertz CT molecular complexity index is 1490. The molecule has 12 N–H and O–H groups in total. The van der Waals surface area contributed by atoms with E-state index in [-0.39, 0.29) is 43.1 Å². The molecule has 2 aliphatic rings. The van der Waals surface area contributed by atoms with Crippen LogP contribution in [0.4, 0.5) is 10.1 Å². The van der Waals surface area contributed by atoms with E-state index in [0.29, 0.717) is 13.1 Å². The topological polar surface area (TPSA) is 293 Å². The summed E-state index contributed by atoms with van der Waals surface area (Å²) in [5.74, 6) is -22.9. The minimum atomic E-state index is -4.08. The van der Waals surface area contributed by atoms with Gasteiger partial charge in [-0.25, -0.2) is 14.2 Å². The molecule has 0 radical (unpaired) electrons. The van der Waals surface area contributed by atoms with Crippen molar-refractivity contribution in [3.8, 4) is 0 Å². The SMILES string of the molecule is CN(C1C(=O)NC(=O)C(O)(O)C1(O)O)C(O)(O)c1c(C=O)cccc1NC(O)(O)c1ccc(C(O)(O)N2CCOCC2)cc1F. The first-order chi connectivity index (χ1) is 20.7. The number of ether oxygens (including phenoxy) is 1. The van der Waals surface area contributed by atoms with Gasteiger partial charge >= 0.3 is 5.79 Å². The van der Waals surface area contributed by atoms with Gasteiger partial charge in [-0.15, -0.1) is 0 Å². The summed E-state index contributed by atoms with van der Waals surface area (Å²) < 4.78 is 20.4. The maximum Gasteiger partial charge on any atom is 0.303 e. The minimum absolute atomic E-state index is 0.0169. The van der Waals surface area contributed by atoms with E-state index in [1.165, 1.54) is 10.2 Å². The van der Waals surface area contributed by atoms with Crippen molar-refractivity contribution < 1.29 is 74.6 Å². The quantitative estimate of drug-likeness (QED) is 0.0690. The van der Waals surface area contributed by atoms with Crippen LogP contribution >= 0.6 is 0 Å². The lowest BCUT2D eigenvalue weighted by Gasteiger charge is -2.48. The van der Waals surface area contributed by atoms with Gasteiger partial charge in [0.1, 0.15) is 5.82 Å². The number of rotatable bonds is 9. The molecular weight excluding hydrogens is 611 g/mol. The molecule has 2 amide bonds. The molecule has 1 atom stereocenters. The molecule has 0 bridgehead atoms. The second-order valence-electron chi connectivity index (χ2n) is 10.5. The summed E-state index contributed by atoms with van der Waals surface area (Å²) in [7, 11) is 0.636. The van der Waals surface area contributed by atoms with Crippen molar-refractivity contribution in [2.24, 2.45) is 0 Å². The fraction of sp³-hybridized carbons (Fsp3) is 0.423. The third-order valence-corrected chi connectivity index (χ3v) is 7.63. The number of halogens is 1. The second kappa shape index (κ2) is 11.7. The van der Waals surface area contributed by atoms with Gasteiger partial charge in [0.25, 0.3) is 29.4 Å². The number of benzene rings is 2. The molecule has 2 aromatic rings. The van der Waals surface area contributed by atoms with Crippen LogP contribution in [-0.4, -0.2) is 130 Å². The predicted molar refractivity (Wildman–Crippen MR) is 142 cm³/mol. The van der Waals surface area contributed by atoms with Gasteiger partial charge in [0.05, 0.1) is 24.3 Å². The number of piperidine rings is 1. The molecule has 246 valence electrons. The molecule has 2 aliphatic heterocycles.